The predicted molar refractivity (Wildman–Crippen MR) is 69.6 cm³/mol. The van der Waals surface area contributed by atoms with E-state index in [2.05, 4.69) is 6.92 Å². The maximum atomic E-state index is 10.7. The number of hydrogen-bond acceptors (Lipinski definition) is 3. The molecule has 0 fully saturated rings. The Morgan fingerprint density at radius 3 is 2.06 bits per heavy atom. The van der Waals surface area contributed by atoms with Crippen LogP contribution < -0.4 is 0 Å². The normalized spacial score (nSPS) is 15.8. The zero-order chi connectivity index (χ0) is 13.3. The molecule has 0 radical (unpaired) electrons. The van der Waals surface area contributed by atoms with Crippen LogP contribution in [0.1, 0.15) is 65.2 Å². The molecular weight excluding hydrogens is 240 g/mol. The summed E-state index contributed by atoms with van der Waals surface area (Å²) in [6, 6.07) is 0. The van der Waals surface area contributed by atoms with Crippen LogP contribution >= 0.6 is 0 Å². The summed E-state index contributed by atoms with van der Waals surface area (Å²) in [5.74, 6) is 0. The average molecular weight is 266 g/mol. The highest BCUT2D eigenvalue weighted by Crippen LogP contribution is 2.13. The van der Waals surface area contributed by atoms with Gasteiger partial charge in [-0.3, -0.25) is 4.55 Å². The number of hydrogen-bond donors (Lipinski definition) is 2. The Kier molecular flexibility index (Phi) is 8.82. The van der Waals surface area contributed by atoms with Crippen LogP contribution in [-0.2, 0) is 10.1 Å². The van der Waals surface area contributed by atoms with Crippen LogP contribution in [0.25, 0.3) is 0 Å². The molecule has 104 valence electrons. The molecule has 2 N–H and O–H groups in total. The van der Waals surface area contributed by atoms with E-state index in [-0.39, 0.29) is 6.10 Å². The van der Waals surface area contributed by atoms with Gasteiger partial charge in [0.25, 0.3) is 10.1 Å². The Morgan fingerprint density at radius 1 is 1.00 bits per heavy atom. The van der Waals surface area contributed by atoms with Crippen molar-refractivity contribution in [2.75, 3.05) is 0 Å². The molecule has 0 rings (SSSR count). The van der Waals surface area contributed by atoms with Crippen molar-refractivity contribution >= 4 is 10.1 Å². The quantitative estimate of drug-likeness (QED) is 0.471. The fourth-order valence-electron chi connectivity index (χ4n) is 1.72. The van der Waals surface area contributed by atoms with Gasteiger partial charge in [-0.2, -0.15) is 8.42 Å². The second-order valence-corrected chi connectivity index (χ2v) is 6.59. The molecule has 0 aromatic carbocycles. The summed E-state index contributed by atoms with van der Waals surface area (Å²) in [4.78, 5) is 0. The van der Waals surface area contributed by atoms with Gasteiger partial charge in [0.2, 0.25) is 0 Å². The summed E-state index contributed by atoms with van der Waals surface area (Å²) in [5, 5.41) is 8.91. The first-order chi connectivity index (χ1) is 7.88. The van der Waals surface area contributed by atoms with Gasteiger partial charge < -0.3 is 5.11 Å². The van der Waals surface area contributed by atoms with Crippen LogP contribution in [0, 0.1) is 0 Å². The van der Waals surface area contributed by atoms with E-state index in [1.807, 2.05) is 0 Å². The third-order valence-corrected chi connectivity index (χ3v) is 4.30. The van der Waals surface area contributed by atoms with Gasteiger partial charge in [-0.15, -0.1) is 0 Å². The fourth-order valence-corrected chi connectivity index (χ4v) is 2.19. The molecule has 4 nitrogen and oxygen atoms in total. The summed E-state index contributed by atoms with van der Waals surface area (Å²) in [7, 11) is -3.87. The van der Waals surface area contributed by atoms with Crippen molar-refractivity contribution in [2.45, 2.75) is 76.6 Å². The Hall–Kier alpha value is -0.130. The van der Waals surface area contributed by atoms with E-state index in [1.165, 1.54) is 6.92 Å². The highest BCUT2D eigenvalue weighted by Gasteiger charge is 2.16. The van der Waals surface area contributed by atoms with E-state index in [4.69, 9.17) is 4.55 Å². The molecule has 2 unspecified atom stereocenters. The van der Waals surface area contributed by atoms with Crippen molar-refractivity contribution in [2.24, 2.45) is 0 Å². The molecular formula is C12H26O4S. The lowest BCUT2D eigenvalue weighted by Crippen LogP contribution is -2.16. The lowest BCUT2D eigenvalue weighted by Gasteiger charge is -2.10. The molecule has 0 bridgehead atoms. The molecule has 0 aliphatic heterocycles. The summed E-state index contributed by atoms with van der Waals surface area (Å²) in [6.45, 7) is 3.62. The Bertz CT molecular complexity index is 274. The Morgan fingerprint density at radius 2 is 1.53 bits per heavy atom. The van der Waals surface area contributed by atoms with Gasteiger partial charge in [-0.05, 0) is 26.2 Å². The summed E-state index contributed by atoms with van der Waals surface area (Å²) in [6.07, 6.45) is 6.69. The first-order valence-electron chi connectivity index (χ1n) is 6.52. The molecule has 0 heterocycles. The van der Waals surface area contributed by atoms with Crippen molar-refractivity contribution in [3.05, 3.63) is 0 Å². The first-order valence-corrected chi connectivity index (χ1v) is 8.02. The van der Waals surface area contributed by atoms with E-state index in [1.54, 1.807) is 0 Å². The number of unbranched alkanes of at least 4 members (excludes halogenated alkanes) is 3. The minimum Gasteiger partial charge on any atom is -0.393 e. The van der Waals surface area contributed by atoms with Crippen molar-refractivity contribution < 1.29 is 18.1 Å². The van der Waals surface area contributed by atoms with Crippen LogP contribution in [0.4, 0.5) is 0 Å². The molecule has 0 saturated heterocycles. The third kappa shape index (κ3) is 9.56. The molecule has 0 aliphatic carbocycles. The second kappa shape index (κ2) is 8.89. The lowest BCUT2D eigenvalue weighted by molar-refractivity contribution is 0.148. The summed E-state index contributed by atoms with van der Waals surface area (Å²) < 4.78 is 30.2. The first kappa shape index (κ1) is 16.9. The van der Waals surface area contributed by atoms with Gasteiger partial charge >= 0.3 is 0 Å². The largest absolute Gasteiger partial charge is 0.393 e. The maximum absolute atomic E-state index is 10.7. The van der Waals surface area contributed by atoms with Gasteiger partial charge in [-0.1, -0.05) is 39.0 Å². The SMILES string of the molecule is CCCCC(O)CCCCCC(C)S(=O)(=O)O. The highest BCUT2D eigenvalue weighted by molar-refractivity contribution is 7.86. The van der Waals surface area contributed by atoms with Crippen molar-refractivity contribution in [3.63, 3.8) is 0 Å². The molecule has 2 atom stereocenters. The third-order valence-electron chi connectivity index (χ3n) is 3.05. The van der Waals surface area contributed by atoms with Gasteiger partial charge in [0, 0.05) is 0 Å². The Labute approximate surface area is 105 Å². The molecule has 0 amide bonds. The molecule has 0 aliphatic rings. The average Bonchev–Trinajstić information content (AvgIpc) is 2.24. The number of aliphatic hydroxyl groups excluding tert-OH is 1. The molecule has 5 heteroatoms. The van der Waals surface area contributed by atoms with Crippen LogP contribution in [0.2, 0.25) is 0 Å². The van der Waals surface area contributed by atoms with E-state index in [9.17, 15) is 13.5 Å². The Balaban J connectivity index is 3.47. The lowest BCUT2D eigenvalue weighted by atomic mass is 10.0. The number of aliphatic hydroxyl groups is 1. The standard InChI is InChI=1S/C12H26O4S/c1-3-4-9-12(13)10-7-5-6-8-11(2)17(14,15)16/h11-13H,3-10H2,1-2H3,(H,14,15,16). The minimum atomic E-state index is -3.87. The van der Waals surface area contributed by atoms with Crippen LogP contribution in [0.15, 0.2) is 0 Å². The van der Waals surface area contributed by atoms with Gasteiger partial charge in [0.1, 0.15) is 0 Å². The van der Waals surface area contributed by atoms with E-state index in [0.29, 0.717) is 6.42 Å². The minimum absolute atomic E-state index is 0.214. The fraction of sp³-hybridized carbons (Fsp3) is 1.00. The van der Waals surface area contributed by atoms with Crippen LogP contribution in [0.3, 0.4) is 0 Å². The van der Waals surface area contributed by atoms with Gasteiger partial charge in [0.15, 0.2) is 0 Å². The van der Waals surface area contributed by atoms with E-state index < -0.39 is 15.4 Å². The number of rotatable bonds is 10. The smallest absolute Gasteiger partial charge is 0.267 e. The van der Waals surface area contributed by atoms with Gasteiger partial charge in [0.05, 0.1) is 11.4 Å². The highest BCUT2D eigenvalue weighted by atomic mass is 32.2. The maximum Gasteiger partial charge on any atom is 0.267 e. The van der Waals surface area contributed by atoms with Crippen LogP contribution in [0.5, 0.6) is 0 Å². The molecule has 17 heavy (non-hydrogen) atoms. The molecule has 0 saturated carbocycles. The van der Waals surface area contributed by atoms with Crippen molar-refractivity contribution in [1.29, 1.82) is 0 Å². The summed E-state index contributed by atoms with van der Waals surface area (Å²) in [5.41, 5.74) is 0. The predicted octanol–water partition coefficient (Wildman–Crippen LogP) is 2.76. The molecule has 0 spiro atoms. The van der Waals surface area contributed by atoms with E-state index in [0.717, 1.165) is 44.9 Å². The summed E-state index contributed by atoms with van der Waals surface area (Å²) >= 11 is 0. The monoisotopic (exact) mass is 266 g/mol. The molecule has 0 aromatic heterocycles. The zero-order valence-corrected chi connectivity index (χ0v) is 11.7. The van der Waals surface area contributed by atoms with Crippen molar-refractivity contribution in [3.8, 4) is 0 Å². The van der Waals surface area contributed by atoms with E-state index >= 15 is 0 Å². The van der Waals surface area contributed by atoms with Crippen molar-refractivity contribution in [1.82, 2.24) is 0 Å². The second-order valence-electron chi connectivity index (χ2n) is 4.76. The molecule has 0 aromatic rings. The topological polar surface area (TPSA) is 74.6 Å². The van der Waals surface area contributed by atoms with Crippen LogP contribution in [-0.4, -0.2) is 29.4 Å². The van der Waals surface area contributed by atoms with Gasteiger partial charge in [-0.25, -0.2) is 0 Å². The zero-order valence-electron chi connectivity index (χ0n) is 10.9.